The van der Waals surface area contributed by atoms with Crippen LogP contribution in [0.3, 0.4) is 0 Å². The van der Waals surface area contributed by atoms with Gasteiger partial charge in [-0.15, -0.1) is 0 Å². The average molecular weight is 363 g/mol. The van der Waals surface area contributed by atoms with Gasteiger partial charge in [-0.1, -0.05) is 30.3 Å². The first-order valence-corrected chi connectivity index (χ1v) is 8.76. The third kappa shape index (κ3) is 3.08. The molecule has 0 spiro atoms. The Morgan fingerprint density at radius 1 is 1.08 bits per heavy atom. The fraction of sp³-hybridized carbons (Fsp3) is 0.400. The number of aliphatic hydroxyl groups is 1. The lowest BCUT2D eigenvalue weighted by molar-refractivity contribution is -0.138. The minimum absolute atomic E-state index is 0.0104. The quantitative estimate of drug-likeness (QED) is 0.813. The van der Waals surface area contributed by atoms with Crippen LogP contribution >= 0.6 is 0 Å². The van der Waals surface area contributed by atoms with Crippen LogP contribution in [0.5, 0.6) is 0 Å². The normalized spacial score (nSPS) is 28.0. The molecule has 0 radical (unpaired) electrons. The van der Waals surface area contributed by atoms with Crippen LogP contribution in [0.1, 0.15) is 41.7 Å². The predicted octanol–water partition coefficient (Wildman–Crippen LogP) is 4.70. The van der Waals surface area contributed by atoms with E-state index >= 15 is 0 Å². The maximum absolute atomic E-state index is 13.2. The molecule has 2 aromatic carbocycles. The van der Waals surface area contributed by atoms with Crippen molar-refractivity contribution in [1.29, 1.82) is 0 Å². The van der Waals surface area contributed by atoms with Gasteiger partial charge in [-0.2, -0.15) is 13.2 Å². The number of alkyl halides is 3. The summed E-state index contributed by atoms with van der Waals surface area (Å²) in [5, 5.41) is 12.9. The molecule has 0 unspecified atom stereocenters. The minimum Gasteiger partial charge on any atom is -0.394 e. The van der Waals surface area contributed by atoms with Crippen LogP contribution in [0.4, 0.5) is 18.9 Å². The first-order chi connectivity index (χ1) is 12.5. The van der Waals surface area contributed by atoms with E-state index in [1.54, 1.807) is 0 Å². The second kappa shape index (κ2) is 6.59. The van der Waals surface area contributed by atoms with E-state index in [0.29, 0.717) is 17.7 Å². The van der Waals surface area contributed by atoms with E-state index in [-0.39, 0.29) is 24.7 Å². The largest absolute Gasteiger partial charge is 0.416 e. The van der Waals surface area contributed by atoms with Gasteiger partial charge in [0.05, 0.1) is 30.4 Å². The highest BCUT2D eigenvalue weighted by Crippen LogP contribution is 2.51. The zero-order chi connectivity index (χ0) is 18.3. The molecule has 0 aromatic heterocycles. The molecule has 2 aromatic rings. The zero-order valence-corrected chi connectivity index (χ0v) is 14.0. The number of rotatable bonds is 2. The number of nitrogens with one attached hydrogen (secondary N) is 1. The van der Waals surface area contributed by atoms with Gasteiger partial charge in [0.2, 0.25) is 0 Å². The number of ether oxygens (including phenoxy) is 1. The fourth-order valence-electron chi connectivity index (χ4n) is 4.06. The highest BCUT2D eigenvalue weighted by atomic mass is 19.4. The molecule has 0 saturated carbocycles. The predicted molar refractivity (Wildman–Crippen MR) is 91.7 cm³/mol. The molecule has 2 N–H and O–H groups in total. The first-order valence-electron chi connectivity index (χ1n) is 8.76. The summed E-state index contributed by atoms with van der Waals surface area (Å²) < 4.78 is 45.5. The molecule has 3 nitrogen and oxygen atoms in total. The molecule has 138 valence electrons. The van der Waals surface area contributed by atoms with E-state index in [1.807, 2.05) is 30.3 Å². The Hall–Kier alpha value is -2.05. The summed E-state index contributed by atoms with van der Waals surface area (Å²) in [6.45, 7) is -0.124. The van der Waals surface area contributed by atoms with E-state index in [1.165, 1.54) is 12.1 Å². The van der Waals surface area contributed by atoms with Gasteiger partial charge in [0, 0.05) is 17.2 Å². The molecule has 2 aliphatic rings. The van der Waals surface area contributed by atoms with Crippen molar-refractivity contribution in [2.45, 2.75) is 37.3 Å². The highest BCUT2D eigenvalue weighted by molar-refractivity contribution is 5.58. The molecule has 0 aliphatic carbocycles. The van der Waals surface area contributed by atoms with E-state index in [0.717, 1.165) is 18.1 Å². The second-order valence-electron chi connectivity index (χ2n) is 6.93. The molecular weight excluding hydrogens is 343 g/mol. The van der Waals surface area contributed by atoms with Gasteiger partial charge >= 0.3 is 6.18 Å². The SMILES string of the molecule is OC[C@@H]1CC[C@H]2[C@@H](c3ccccc3)Nc3ccc(C(F)(F)F)cc3[C@H]2O1. The molecule has 4 rings (SSSR count). The van der Waals surface area contributed by atoms with E-state index in [2.05, 4.69) is 5.32 Å². The van der Waals surface area contributed by atoms with E-state index in [4.69, 9.17) is 4.74 Å². The molecule has 2 heterocycles. The number of fused-ring (bicyclic) bond motifs is 3. The van der Waals surface area contributed by atoms with Gasteiger partial charge in [0.15, 0.2) is 0 Å². The van der Waals surface area contributed by atoms with Crippen molar-refractivity contribution in [3.63, 3.8) is 0 Å². The van der Waals surface area contributed by atoms with Crippen molar-refractivity contribution in [2.24, 2.45) is 5.92 Å². The number of aliphatic hydroxyl groups excluding tert-OH is 1. The Morgan fingerprint density at radius 3 is 2.54 bits per heavy atom. The summed E-state index contributed by atoms with van der Waals surface area (Å²) in [6, 6.07) is 13.6. The summed E-state index contributed by atoms with van der Waals surface area (Å²) in [5.41, 5.74) is 1.59. The van der Waals surface area contributed by atoms with Gasteiger partial charge in [-0.05, 0) is 36.6 Å². The van der Waals surface area contributed by atoms with Gasteiger partial charge in [0.25, 0.3) is 0 Å². The Balaban J connectivity index is 1.77. The molecule has 1 fully saturated rings. The number of hydrogen-bond acceptors (Lipinski definition) is 3. The molecular formula is C20H20F3NO2. The van der Waals surface area contributed by atoms with Crippen molar-refractivity contribution < 1.29 is 23.0 Å². The van der Waals surface area contributed by atoms with Crippen LogP contribution in [0.2, 0.25) is 0 Å². The third-order valence-corrected chi connectivity index (χ3v) is 5.34. The van der Waals surface area contributed by atoms with Crippen LogP contribution in [0, 0.1) is 5.92 Å². The number of hydrogen-bond donors (Lipinski definition) is 2. The molecule has 0 bridgehead atoms. The van der Waals surface area contributed by atoms with Crippen molar-refractivity contribution in [1.82, 2.24) is 0 Å². The summed E-state index contributed by atoms with van der Waals surface area (Å²) >= 11 is 0. The van der Waals surface area contributed by atoms with E-state index in [9.17, 15) is 18.3 Å². The van der Waals surface area contributed by atoms with Crippen molar-refractivity contribution in [3.05, 3.63) is 65.2 Å². The maximum atomic E-state index is 13.2. The topological polar surface area (TPSA) is 41.5 Å². The summed E-state index contributed by atoms with van der Waals surface area (Å²) in [6.07, 6.45) is -3.74. The standard InChI is InChI=1S/C20H20F3NO2/c21-20(22,23)13-6-9-17-16(10-13)19-15(8-7-14(11-25)26-19)18(24-17)12-4-2-1-3-5-12/h1-6,9-10,14-15,18-19,24-25H,7-8,11H2/t14-,15-,18+,19-/m0/s1. The van der Waals surface area contributed by atoms with Crippen LogP contribution in [0.25, 0.3) is 0 Å². The maximum Gasteiger partial charge on any atom is 0.416 e. The number of halogens is 3. The van der Waals surface area contributed by atoms with Crippen molar-refractivity contribution >= 4 is 5.69 Å². The Bertz CT molecular complexity index is 778. The lowest BCUT2D eigenvalue weighted by Crippen LogP contribution is -2.40. The summed E-state index contributed by atoms with van der Waals surface area (Å²) in [5.74, 6) is 0.0104. The first kappa shape index (κ1) is 17.4. The van der Waals surface area contributed by atoms with Gasteiger partial charge in [-0.25, -0.2) is 0 Å². The van der Waals surface area contributed by atoms with Gasteiger partial charge < -0.3 is 15.2 Å². The van der Waals surface area contributed by atoms with E-state index < -0.39 is 17.8 Å². The molecule has 6 heteroatoms. The number of benzene rings is 2. The molecule has 0 amide bonds. The lowest BCUT2D eigenvalue weighted by atomic mass is 9.76. The molecule has 1 saturated heterocycles. The van der Waals surface area contributed by atoms with Crippen LogP contribution in [-0.2, 0) is 10.9 Å². The molecule has 4 atom stereocenters. The van der Waals surface area contributed by atoms with Gasteiger partial charge in [0.1, 0.15) is 0 Å². The summed E-state index contributed by atoms with van der Waals surface area (Å²) in [4.78, 5) is 0. The highest BCUT2D eigenvalue weighted by Gasteiger charge is 2.43. The minimum atomic E-state index is -4.40. The fourth-order valence-corrected chi connectivity index (χ4v) is 4.06. The Labute approximate surface area is 149 Å². The lowest BCUT2D eigenvalue weighted by Gasteiger charge is -2.45. The Morgan fingerprint density at radius 2 is 1.85 bits per heavy atom. The van der Waals surface area contributed by atoms with Crippen LogP contribution in [0.15, 0.2) is 48.5 Å². The van der Waals surface area contributed by atoms with Crippen LogP contribution < -0.4 is 5.32 Å². The average Bonchev–Trinajstić information content (AvgIpc) is 2.66. The van der Waals surface area contributed by atoms with Crippen molar-refractivity contribution in [3.8, 4) is 0 Å². The number of anilines is 1. The molecule has 26 heavy (non-hydrogen) atoms. The van der Waals surface area contributed by atoms with Crippen LogP contribution in [-0.4, -0.2) is 17.8 Å². The summed E-state index contributed by atoms with van der Waals surface area (Å²) in [7, 11) is 0. The Kier molecular flexibility index (Phi) is 4.40. The monoisotopic (exact) mass is 363 g/mol. The second-order valence-corrected chi connectivity index (χ2v) is 6.93. The zero-order valence-electron chi connectivity index (χ0n) is 14.0. The third-order valence-electron chi connectivity index (χ3n) is 5.34. The van der Waals surface area contributed by atoms with Crippen molar-refractivity contribution in [2.75, 3.05) is 11.9 Å². The van der Waals surface area contributed by atoms with Gasteiger partial charge in [-0.3, -0.25) is 0 Å². The smallest absolute Gasteiger partial charge is 0.394 e. The molecule has 2 aliphatic heterocycles.